The van der Waals surface area contributed by atoms with Gasteiger partial charge in [-0.15, -0.1) is 0 Å². The number of nitrogens with two attached hydrogens (primary N) is 1. The Hall–Kier alpha value is -1.84. The highest BCUT2D eigenvalue weighted by atomic mass is 19.1. The number of benzene rings is 1. The van der Waals surface area contributed by atoms with Crippen molar-refractivity contribution in [3.63, 3.8) is 0 Å². The highest BCUT2D eigenvalue weighted by molar-refractivity contribution is 5.57. The quantitative estimate of drug-likeness (QED) is 0.747. The summed E-state index contributed by atoms with van der Waals surface area (Å²) in [7, 11) is 1.82. The second-order valence-electron chi connectivity index (χ2n) is 3.11. The Bertz CT molecular complexity index is 462. The average Bonchev–Trinajstić information content (AvgIpc) is 2.45. The molecular formula is C10H10FN3. The highest BCUT2D eigenvalue weighted by Gasteiger charge is 2.05. The predicted molar refractivity (Wildman–Crippen MR) is 53.0 cm³/mol. The molecule has 4 heteroatoms. The molecule has 0 atom stereocenters. The molecule has 0 aliphatic rings. The number of aromatic nitrogens is 2. The first-order chi connectivity index (χ1) is 6.66. The number of nitrogens with zero attached hydrogens (tertiary/aromatic N) is 2. The second-order valence-corrected chi connectivity index (χ2v) is 3.11. The fourth-order valence-electron chi connectivity index (χ4n) is 1.39. The molecule has 0 fully saturated rings. The number of anilines is 1. The molecule has 0 unspecified atom stereocenters. The zero-order valence-corrected chi connectivity index (χ0v) is 7.74. The van der Waals surface area contributed by atoms with Gasteiger partial charge in [-0.3, -0.25) is 0 Å². The van der Waals surface area contributed by atoms with Crippen LogP contribution in [0.1, 0.15) is 0 Å². The summed E-state index contributed by atoms with van der Waals surface area (Å²) in [4.78, 5) is 4.10. The number of imidazole rings is 1. The van der Waals surface area contributed by atoms with Gasteiger partial charge in [0.2, 0.25) is 0 Å². The molecule has 1 heterocycles. The Kier molecular flexibility index (Phi) is 1.96. The van der Waals surface area contributed by atoms with Crippen molar-refractivity contribution >= 4 is 5.82 Å². The lowest BCUT2D eigenvalue weighted by atomic mass is 10.2. The minimum atomic E-state index is -0.274. The van der Waals surface area contributed by atoms with Crippen molar-refractivity contribution < 1.29 is 4.39 Å². The van der Waals surface area contributed by atoms with Crippen molar-refractivity contribution in [2.45, 2.75) is 0 Å². The standard InChI is InChI=1S/C10H10FN3/c1-14-6-9(12)13-10(14)7-3-2-4-8(11)5-7/h2-6H,12H2,1H3. The number of aryl methyl sites for hydroxylation is 1. The molecule has 0 aliphatic carbocycles. The predicted octanol–water partition coefficient (Wildman–Crippen LogP) is 1.81. The van der Waals surface area contributed by atoms with E-state index in [2.05, 4.69) is 4.98 Å². The summed E-state index contributed by atoms with van der Waals surface area (Å²) in [5.74, 6) is 0.831. The van der Waals surface area contributed by atoms with Crippen LogP contribution in [0.5, 0.6) is 0 Å². The SMILES string of the molecule is Cn1cc(N)nc1-c1cccc(F)c1. The van der Waals surface area contributed by atoms with E-state index in [1.165, 1.54) is 12.1 Å². The van der Waals surface area contributed by atoms with E-state index in [-0.39, 0.29) is 5.82 Å². The zero-order valence-electron chi connectivity index (χ0n) is 7.74. The lowest BCUT2D eigenvalue weighted by molar-refractivity contribution is 0.628. The first-order valence-electron chi connectivity index (χ1n) is 4.21. The Morgan fingerprint density at radius 1 is 1.43 bits per heavy atom. The van der Waals surface area contributed by atoms with Gasteiger partial charge in [0.1, 0.15) is 17.5 Å². The van der Waals surface area contributed by atoms with Crippen molar-refractivity contribution in [1.29, 1.82) is 0 Å². The van der Waals surface area contributed by atoms with Gasteiger partial charge in [-0.1, -0.05) is 12.1 Å². The summed E-state index contributed by atoms with van der Waals surface area (Å²) in [6.07, 6.45) is 1.69. The zero-order chi connectivity index (χ0) is 10.1. The summed E-state index contributed by atoms with van der Waals surface area (Å²) in [5.41, 5.74) is 6.26. The van der Waals surface area contributed by atoms with Crippen molar-refractivity contribution in [3.05, 3.63) is 36.3 Å². The van der Waals surface area contributed by atoms with Gasteiger partial charge in [0.25, 0.3) is 0 Å². The monoisotopic (exact) mass is 191 g/mol. The first-order valence-corrected chi connectivity index (χ1v) is 4.21. The summed E-state index contributed by atoms with van der Waals surface area (Å²) in [6.45, 7) is 0. The van der Waals surface area contributed by atoms with Gasteiger partial charge in [0.15, 0.2) is 0 Å². The molecule has 14 heavy (non-hydrogen) atoms. The minimum absolute atomic E-state index is 0.274. The summed E-state index contributed by atoms with van der Waals surface area (Å²) in [6, 6.07) is 6.28. The lowest BCUT2D eigenvalue weighted by Gasteiger charge is -2.00. The molecule has 0 spiro atoms. The number of hydrogen-bond acceptors (Lipinski definition) is 2. The number of halogens is 1. The van der Waals surface area contributed by atoms with E-state index in [0.29, 0.717) is 11.6 Å². The van der Waals surface area contributed by atoms with Crippen LogP contribution >= 0.6 is 0 Å². The van der Waals surface area contributed by atoms with Crippen molar-refractivity contribution in [3.8, 4) is 11.4 Å². The Morgan fingerprint density at radius 2 is 2.21 bits per heavy atom. The van der Waals surface area contributed by atoms with E-state index in [4.69, 9.17) is 5.73 Å². The van der Waals surface area contributed by atoms with Gasteiger partial charge in [0, 0.05) is 18.8 Å². The highest BCUT2D eigenvalue weighted by Crippen LogP contribution is 2.19. The van der Waals surface area contributed by atoms with Crippen LogP contribution in [0.25, 0.3) is 11.4 Å². The second kappa shape index (κ2) is 3.14. The molecule has 1 aromatic heterocycles. The van der Waals surface area contributed by atoms with E-state index >= 15 is 0 Å². The van der Waals surface area contributed by atoms with E-state index in [0.717, 1.165) is 5.56 Å². The van der Waals surface area contributed by atoms with Gasteiger partial charge in [-0.25, -0.2) is 9.37 Å². The van der Waals surface area contributed by atoms with Crippen LogP contribution in [-0.2, 0) is 7.05 Å². The Morgan fingerprint density at radius 3 is 2.79 bits per heavy atom. The van der Waals surface area contributed by atoms with Crippen molar-refractivity contribution in [1.82, 2.24) is 9.55 Å². The number of rotatable bonds is 1. The van der Waals surface area contributed by atoms with Gasteiger partial charge >= 0.3 is 0 Å². The third-order valence-corrected chi connectivity index (χ3v) is 1.98. The fourth-order valence-corrected chi connectivity index (χ4v) is 1.39. The van der Waals surface area contributed by atoms with E-state index < -0.39 is 0 Å². The molecule has 0 radical (unpaired) electrons. The average molecular weight is 191 g/mol. The van der Waals surface area contributed by atoms with Crippen molar-refractivity contribution in [2.75, 3.05) is 5.73 Å². The van der Waals surface area contributed by atoms with Crippen molar-refractivity contribution in [2.24, 2.45) is 7.05 Å². The molecule has 0 saturated carbocycles. The fraction of sp³-hybridized carbons (Fsp3) is 0.100. The minimum Gasteiger partial charge on any atom is -0.382 e. The molecule has 0 saturated heterocycles. The molecule has 0 amide bonds. The molecule has 1 aromatic carbocycles. The smallest absolute Gasteiger partial charge is 0.142 e. The van der Waals surface area contributed by atoms with Crippen LogP contribution < -0.4 is 5.73 Å². The molecule has 72 valence electrons. The Labute approximate surface area is 81.0 Å². The van der Waals surface area contributed by atoms with Crippen LogP contribution in [0.4, 0.5) is 10.2 Å². The largest absolute Gasteiger partial charge is 0.382 e. The molecule has 0 bridgehead atoms. The molecule has 2 N–H and O–H groups in total. The third kappa shape index (κ3) is 1.46. The van der Waals surface area contributed by atoms with Crippen LogP contribution in [0.3, 0.4) is 0 Å². The van der Waals surface area contributed by atoms with E-state index in [9.17, 15) is 4.39 Å². The number of hydrogen-bond donors (Lipinski definition) is 1. The van der Waals surface area contributed by atoms with Crippen LogP contribution in [0.15, 0.2) is 30.5 Å². The molecule has 3 nitrogen and oxygen atoms in total. The topological polar surface area (TPSA) is 43.8 Å². The summed E-state index contributed by atoms with van der Waals surface area (Å²) in [5, 5.41) is 0. The van der Waals surface area contributed by atoms with Gasteiger partial charge in [0.05, 0.1) is 0 Å². The Balaban J connectivity index is 2.54. The summed E-state index contributed by atoms with van der Waals surface area (Å²) < 4.78 is 14.7. The molecule has 2 rings (SSSR count). The maximum atomic E-state index is 12.9. The van der Waals surface area contributed by atoms with E-state index in [1.54, 1.807) is 22.9 Å². The normalized spacial score (nSPS) is 10.4. The molecule has 0 aliphatic heterocycles. The van der Waals surface area contributed by atoms with Crippen LogP contribution in [0, 0.1) is 5.82 Å². The van der Waals surface area contributed by atoms with Crippen LogP contribution in [-0.4, -0.2) is 9.55 Å². The third-order valence-electron chi connectivity index (χ3n) is 1.98. The van der Waals surface area contributed by atoms with Gasteiger partial charge < -0.3 is 10.3 Å². The van der Waals surface area contributed by atoms with Gasteiger partial charge in [-0.2, -0.15) is 0 Å². The number of nitrogen functional groups attached to an aromatic ring is 1. The maximum Gasteiger partial charge on any atom is 0.142 e. The molecule has 2 aromatic rings. The molecular weight excluding hydrogens is 181 g/mol. The summed E-state index contributed by atoms with van der Waals surface area (Å²) >= 11 is 0. The van der Waals surface area contributed by atoms with Crippen LogP contribution in [0.2, 0.25) is 0 Å². The van der Waals surface area contributed by atoms with Gasteiger partial charge in [-0.05, 0) is 12.1 Å². The van der Waals surface area contributed by atoms with E-state index in [1.807, 2.05) is 7.05 Å². The lowest BCUT2D eigenvalue weighted by Crippen LogP contribution is -1.91. The first kappa shape index (κ1) is 8.74. The maximum absolute atomic E-state index is 12.9.